The second-order valence-electron chi connectivity index (χ2n) is 6.41. The smallest absolute Gasteiger partial charge is 0.241 e. The van der Waals surface area contributed by atoms with Gasteiger partial charge in [-0.2, -0.15) is 11.8 Å². The average Bonchev–Trinajstić information content (AvgIpc) is 3.03. The molecule has 0 N–H and O–H groups in total. The number of thioether (sulfide) groups is 1. The Balaban J connectivity index is 1.60. The van der Waals surface area contributed by atoms with Crippen molar-refractivity contribution in [3.63, 3.8) is 0 Å². The topological polar surface area (TPSA) is 40.6 Å². The number of carbonyl (C=O) groups excluding carboxylic acids is 2. The summed E-state index contributed by atoms with van der Waals surface area (Å²) >= 11 is 1.94. The van der Waals surface area contributed by atoms with E-state index < -0.39 is 5.41 Å². The molecule has 4 nitrogen and oxygen atoms in total. The van der Waals surface area contributed by atoms with Crippen molar-refractivity contribution in [3.05, 3.63) is 35.4 Å². The maximum absolute atomic E-state index is 13.0. The van der Waals surface area contributed by atoms with E-state index in [0.717, 1.165) is 43.0 Å². The van der Waals surface area contributed by atoms with Gasteiger partial charge in [-0.3, -0.25) is 19.4 Å². The summed E-state index contributed by atoms with van der Waals surface area (Å²) in [5.74, 6) is 2.20. The summed E-state index contributed by atoms with van der Waals surface area (Å²) in [6.45, 7) is 2.40. The highest BCUT2D eigenvalue weighted by Gasteiger charge is 2.55. The van der Waals surface area contributed by atoms with Gasteiger partial charge in [0.25, 0.3) is 0 Å². The number of fused-ring (bicyclic) bond motifs is 2. The molecule has 2 heterocycles. The molecule has 0 unspecified atom stereocenters. The lowest BCUT2D eigenvalue weighted by molar-refractivity contribution is -0.142. The number of imide groups is 1. The first kappa shape index (κ1) is 14.3. The fraction of sp³-hybridized carbons (Fsp3) is 0.529. The van der Waals surface area contributed by atoms with Gasteiger partial charge in [0, 0.05) is 31.0 Å². The van der Waals surface area contributed by atoms with Crippen LogP contribution in [0.5, 0.6) is 0 Å². The quantitative estimate of drug-likeness (QED) is 0.778. The maximum atomic E-state index is 13.0. The van der Waals surface area contributed by atoms with E-state index in [1.54, 1.807) is 0 Å². The standard InChI is InChI=1S/C17H20N2O2S/c20-15-11-17(6-5-13-3-1-2-4-14(13)17)16(21)19(15)12-18-7-9-22-10-8-18/h1-4H,5-12H2/t17-/m0/s1. The number of rotatable bonds is 2. The number of aryl methyl sites for hydroxylation is 1. The molecule has 3 aliphatic rings. The monoisotopic (exact) mass is 316 g/mol. The van der Waals surface area contributed by atoms with Crippen LogP contribution in [0, 0.1) is 0 Å². The Morgan fingerprint density at radius 2 is 1.91 bits per heavy atom. The number of hydrogen-bond donors (Lipinski definition) is 0. The van der Waals surface area contributed by atoms with Crippen LogP contribution in [0.15, 0.2) is 24.3 Å². The number of carbonyl (C=O) groups is 2. The average molecular weight is 316 g/mol. The third-order valence-electron chi connectivity index (χ3n) is 5.21. The number of amides is 2. The second-order valence-corrected chi connectivity index (χ2v) is 7.64. The predicted molar refractivity (Wildman–Crippen MR) is 86.7 cm³/mol. The summed E-state index contributed by atoms with van der Waals surface area (Å²) in [4.78, 5) is 29.3. The van der Waals surface area contributed by atoms with Crippen molar-refractivity contribution in [2.24, 2.45) is 0 Å². The minimum absolute atomic E-state index is 0.0000652. The van der Waals surface area contributed by atoms with Gasteiger partial charge in [0.2, 0.25) is 11.8 Å². The summed E-state index contributed by atoms with van der Waals surface area (Å²) in [6, 6.07) is 8.12. The first-order valence-electron chi connectivity index (χ1n) is 7.94. The molecule has 0 bridgehead atoms. The molecule has 1 aromatic carbocycles. The Bertz CT molecular complexity index is 627. The molecule has 0 radical (unpaired) electrons. The largest absolute Gasteiger partial charge is 0.284 e. The van der Waals surface area contributed by atoms with Crippen molar-refractivity contribution < 1.29 is 9.59 Å². The van der Waals surface area contributed by atoms with Gasteiger partial charge >= 0.3 is 0 Å². The lowest BCUT2D eigenvalue weighted by Crippen LogP contribution is -2.46. The number of hydrogen-bond acceptors (Lipinski definition) is 4. The molecule has 1 spiro atoms. The lowest BCUT2D eigenvalue weighted by atomic mass is 9.80. The number of nitrogens with zero attached hydrogens (tertiary/aromatic N) is 2. The zero-order valence-corrected chi connectivity index (χ0v) is 13.4. The molecule has 2 fully saturated rings. The van der Waals surface area contributed by atoms with Gasteiger partial charge in [0.15, 0.2) is 0 Å². The van der Waals surface area contributed by atoms with Crippen LogP contribution in [-0.4, -0.2) is 52.9 Å². The van der Waals surface area contributed by atoms with Crippen LogP contribution in [0.25, 0.3) is 0 Å². The van der Waals surface area contributed by atoms with E-state index in [9.17, 15) is 9.59 Å². The first-order valence-corrected chi connectivity index (χ1v) is 9.09. The van der Waals surface area contributed by atoms with Gasteiger partial charge in [-0.05, 0) is 24.0 Å². The SMILES string of the molecule is O=C1C[C@]2(CCc3ccccc32)C(=O)N1CN1CCSCC1. The summed E-state index contributed by atoms with van der Waals surface area (Å²) in [7, 11) is 0. The van der Waals surface area contributed by atoms with Crippen molar-refractivity contribution in [1.29, 1.82) is 0 Å². The van der Waals surface area contributed by atoms with Crippen LogP contribution in [-0.2, 0) is 21.4 Å². The fourth-order valence-corrected chi connectivity index (χ4v) is 4.96. The van der Waals surface area contributed by atoms with Crippen molar-refractivity contribution >= 4 is 23.6 Å². The van der Waals surface area contributed by atoms with E-state index in [0.29, 0.717) is 13.1 Å². The van der Waals surface area contributed by atoms with E-state index in [4.69, 9.17) is 0 Å². The second kappa shape index (κ2) is 5.39. The van der Waals surface area contributed by atoms with Crippen molar-refractivity contribution in [2.75, 3.05) is 31.3 Å². The van der Waals surface area contributed by atoms with E-state index in [2.05, 4.69) is 11.0 Å². The molecule has 4 rings (SSSR count). The van der Waals surface area contributed by atoms with Crippen LogP contribution in [0.4, 0.5) is 0 Å². The third-order valence-corrected chi connectivity index (χ3v) is 6.15. The highest BCUT2D eigenvalue weighted by atomic mass is 32.2. The van der Waals surface area contributed by atoms with Crippen molar-refractivity contribution in [1.82, 2.24) is 9.80 Å². The van der Waals surface area contributed by atoms with Gasteiger partial charge < -0.3 is 0 Å². The molecule has 2 amide bonds. The molecule has 1 atom stereocenters. The van der Waals surface area contributed by atoms with Crippen LogP contribution in [0.1, 0.15) is 24.0 Å². The Hall–Kier alpha value is -1.33. The molecule has 2 aliphatic heterocycles. The van der Waals surface area contributed by atoms with Crippen LogP contribution < -0.4 is 0 Å². The first-order chi connectivity index (χ1) is 10.7. The molecule has 2 saturated heterocycles. The van der Waals surface area contributed by atoms with Gasteiger partial charge in [0.05, 0.1) is 12.1 Å². The van der Waals surface area contributed by atoms with Crippen molar-refractivity contribution in [3.8, 4) is 0 Å². The highest BCUT2D eigenvalue weighted by molar-refractivity contribution is 7.99. The Kier molecular flexibility index (Phi) is 3.50. The normalized spacial score (nSPS) is 28.6. The molecular formula is C17H20N2O2S. The van der Waals surface area contributed by atoms with Crippen molar-refractivity contribution in [2.45, 2.75) is 24.7 Å². The summed E-state index contributed by atoms with van der Waals surface area (Å²) < 4.78 is 0. The zero-order chi connectivity index (χ0) is 15.2. The molecule has 0 saturated carbocycles. The van der Waals surface area contributed by atoms with Crippen LogP contribution in [0.2, 0.25) is 0 Å². The summed E-state index contributed by atoms with van der Waals surface area (Å²) in [5.41, 5.74) is 1.75. The molecule has 5 heteroatoms. The van der Waals surface area contributed by atoms with E-state index in [1.807, 2.05) is 30.0 Å². The molecule has 1 aliphatic carbocycles. The van der Waals surface area contributed by atoms with E-state index in [-0.39, 0.29) is 11.8 Å². The van der Waals surface area contributed by atoms with E-state index in [1.165, 1.54) is 10.5 Å². The predicted octanol–water partition coefficient (Wildman–Crippen LogP) is 1.64. The zero-order valence-electron chi connectivity index (χ0n) is 12.6. The maximum Gasteiger partial charge on any atom is 0.241 e. The van der Waals surface area contributed by atoms with Crippen LogP contribution in [0.3, 0.4) is 0 Å². The molecule has 116 valence electrons. The molecule has 1 aromatic rings. The Morgan fingerprint density at radius 3 is 2.73 bits per heavy atom. The lowest BCUT2D eigenvalue weighted by Gasteiger charge is -2.30. The molecule has 22 heavy (non-hydrogen) atoms. The molecule has 0 aromatic heterocycles. The third kappa shape index (κ3) is 2.10. The minimum atomic E-state index is -0.571. The van der Waals surface area contributed by atoms with E-state index >= 15 is 0 Å². The highest BCUT2D eigenvalue weighted by Crippen LogP contribution is 2.46. The minimum Gasteiger partial charge on any atom is -0.284 e. The van der Waals surface area contributed by atoms with Crippen LogP contribution >= 0.6 is 11.8 Å². The van der Waals surface area contributed by atoms with Gasteiger partial charge in [0.1, 0.15) is 0 Å². The Morgan fingerprint density at radius 1 is 1.14 bits per heavy atom. The number of likely N-dealkylation sites (tertiary alicyclic amines) is 1. The van der Waals surface area contributed by atoms with Gasteiger partial charge in [-0.1, -0.05) is 24.3 Å². The summed E-state index contributed by atoms with van der Waals surface area (Å²) in [5, 5.41) is 0. The van der Waals surface area contributed by atoms with Gasteiger partial charge in [-0.15, -0.1) is 0 Å². The molecular weight excluding hydrogens is 296 g/mol. The Labute approximate surface area is 134 Å². The van der Waals surface area contributed by atoms with Gasteiger partial charge in [-0.25, -0.2) is 0 Å². The summed E-state index contributed by atoms with van der Waals surface area (Å²) in [6.07, 6.45) is 2.04. The fourth-order valence-electron chi connectivity index (χ4n) is 3.98. The number of benzene rings is 1.